The standard InChI is InChI=1S/C8H6ClFN4O/c9-8-12-2-6(10)7(14-8)11-1-5-3-15-4-13-5/h2-4H,1H2,(H,11,12,14). The number of anilines is 1. The highest BCUT2D eigenvalue weighted by Crippen LogP contribution is 2.12. The van der Waals surface area contributed by atoms with Gasteiger partial charge in [0.25, 0.3) is 0 Å². The van der Waals surface area contributed by atoms with Crippen LogP contribution in [-0.4, -0.2) is 15.0 Å². The fourth-order valence-electron chi connectivity index (χ4n) is 0.969. The van der Waals surface area contributed by atoms with Crippen molar-refractivity contribution in [2.75, 3.05) is 5.32 Å². The first-order valence-electron chi connectivity index (χ1n) is 4.04. The molecule has 2 heterocycles. The van der Waals surface area contributed by atoms with Crippen molar-refractivity contribution in [2.24, 2.45) is 0 Å². The summed E-state index contributed by atoms with van der Waals surface area (Å²) in [6.45, 7) is 0.306. The number of nitrogens with zero attached hydrogens (tertiary/aromatic N) is 3. The summed E-state index contributed by atoms with van der Waals surface area (Å²) < 4.78 is 17.9. The summed E-state index contributed by atoms with van der Waals surface area (Å²) in [5.74, 6) is -0.527. The highest BCUT2D eigenvalue weighted by Gasteiger charge is 2.05. The predicted molar refractivity (Wildman–Crippen MR) is 50.8 cm³/mol. The highest BCUT2D eigenvalue weighted by molar-refractivity contribution is 6.28. The van der Waals surface area contributed by atoms with Crippen LogP contribution in [0.4, 0.5) is 10.2 Å². The first-order valence-corrected chi connectivity index (χ1v) is 4.42. The van der Waals surface area contributed by atoms with Crippen molar-refractivity contribution in [1.82, 2.24) is 15.0 Å². The van der Waals surface area contributed by atoms with Gasteiger partial charge in [0, 0.05) is 0 Å². The van der Waals surface area contributed by atoms with E-state index in [-0.39, 0.29) is 11.1 Å². The Labute approximate surface area is 89.3 Å². The van der Waals surface area contributed by atoms with Crippen molar-refractivity contribution in [1.29, 1.82) is 0 Å². The molecule has 0 aliphatic carbocycles. The number of aromatic nitrogens is 3. The van der Waals surface area contributed by atoms with Gasteiger partial charge >= 0.3 is 0 Å². The Hall–Kier alpha value is -1.69. The van der Waals surface area contributed by atoms with E-state index in [2.05, 4.69) is 20.3 Å². The molecule has 2 aromatic heterocycles. The monoisotopic (exact) mass is 228 g/mol. The SMILES string of the molecule is Fc1cnc(Cl)nc1NCc1cocn1. The Kier molecular flexibility index (Phi) is 2.77. The summed E-state index contributed by atoms with van der Waals surface area (Å²) in [4.78, 5) is 11.0. The van der Waals surface area contributed by atoms with Gasteiger partial charge in [-0.25, -0.2) is 14.4 Å². The Balaban J connectivity index is 2.07. The van der Waals surface area contributed by atoms with Crippen LogP contribution in [0.15, 0.2) is 23.3 Å². The number of oxazole rings is 1. The van der Waals surface area contributed by atoms with Gasteiger partial charge in [-0.15, -0.1) is 0 Å². The highest BCUT2D eigenvalue weighted by atomic mass is 35.5. The lowest BCUT2D eigenvalue weighted by Crippen LogP contribution is -2.04. The van der Waals surface area contributed by atoms with E-state index < -0.39 is 5.82 Å². The van der Waals surface area contributed by atoms with E-state index in [1.165, 1.54) is 12.7 Å². The van der Waals surface area contributed by atoms with Crippen LogP contribution < -0.4 is 5.32 Å². The van der Waals surface area contributed by atoms with Crippen molar-refractivity contribution in [2.45, 2.75) is 6.54 Å². The quantitative estimate of drug-likeness (QED) is 0.813. The molecular formula is C8H6ClFN4O. The summed E-state index contributed by atoms with van der Waals surface area (Å²) in [6, 6.07) is 0. The van der Waals surface area contributed by atoms with Gasteiger partial charge in [0.1, 0.15) is 6.26 Å². The van der Waals surface area contributed by atoms with E-state index in [0.29, 0.717) is 12.2 Å². The molecule has 0 saturated heterocycles. The summed E-state index contributed by atoms with van der Waals surface area (Å²) in [5, 5.41) is 2.71. The molecule has 0 fully saturated rings. The zero-order chi connectivity index (χ0) is 10.7. The fourth-order valence-corrected chi connectivity index (χ4v) is 1.10. The maximum absolute atomic E-state index is 13.1. The molecule has 0 bridgehead atoms. The average Bonchev–Trinajstić information content (AvgIpc) is 2.72. The van der Waals surface area contributed by atoms with E-state index in [4.69, 9.17) is 16.0 Å². The smallest absolute Gasteiger partial charge is 0.224 e. The first-order chi connectivity index (χ1) is 7.25. The van der Waals surface area contributed by atoms with Crippen molar-refractivity contribution >= 4 is 17.4 Å². The number of hydrogen-bond donors (Lipinski definition) is 1. The van der Waals surface area contributed by atoms with E-state index in [1.54, 1.807) is 0 Å². The van der Waals surface area contributed by atoms with E-state index in [1.807, 2.05) is 0 Å². The Morgan fingerprint density at radius 1 is 1.47 bits per heavy atom. The average molecular weight is 229 g/mol. The van der Waals surface area contributed by atoms with Crippen LogP contribution >= 0.6 is 11.6 Å². The van der Waals surface area contributed by atoms with Gasteiger partial charge in [-0.05, 0) is 11.6 Å². The Morgan fingerprint density at radius 3 is 3.07 bits per heavy atom. The van der Waals surface area contributed by atoms with Crippen LogP contribution in [0.5, 0.6) is 0 Å². The van der Waals surface area contributed by atoms with Gasteiger partial charge in [0.15, 0.2) is 18.0 Å². The van der Waals surface area contributed by atoms with Gasteiger partial charge < -0.3 is 9.73 Å². The molecule has 1 N–H and O–H groups in total. The molecule has 0 atom stereocenters. The summed E-state index contributed by atoms with van der Waals surface area (Å²) in [6.07, 6.45) is 3.74. The first kappa shape index (κ1) is 9.85. The number of nitrogens with one attached hydrogen (secondary N) is 1. The van der Waals surface area contributed by atoms with E-state index in [9.17, 15) is 4.39 Å². The second kappa shape index (κ2) is 4.22. The molecule has 0 unspecified atom stereocenters. The van der Waals surface area contributed by atoms with Gasteiger partial charge in [-0.3, -0.25) is 0 Å². The number of halogens is 2. The lowest BCUT2D eigenvalue weighted by molar-refractivity contribution is 0.556. The van der Waals surface area contributed by atoms with E-state index in [0.717, 1.165) is 6.20 Å². The van der Waals surface area contributed by atoms with Gasteiger partial charge in [0.05, 0.1) is 18.4 Å². The normalized spacial score (nSPS) is 10.3. The largest absolute Gasteiger partial charge is 0.451 e. The molecule has 7 heteroatoms. The van der Waals surface area contributed by atoms with Crippen LogP contribution in [0.3, 0.4) is 0 Å². The molecule has 78 valence electrons. The second-order valence-electron chi connectivity index (χ2n) is 2.67. The maximum atomic E-state index is 13.1. The third-order valence-corrected chi connectivity index (χ3v) is 1.82. The van der Waals surface area contributed by atoms with Crippen LogP contribution in [0, 0.1) is 5.82 Å². The van der Waals surface area contributed by atoms with Crippen LogP contribution in [0.25, 0.3) is 0 Å². The van der Waals surface area contributed by atoms with E-state index >= 15 is 0 Å². The molecule has 0 aliphatic rings. The third kappa shape index (κ3) is 2.41. The minimum absolute atomic E-state index is 0.0148. The molecule has 0 radical (unpaired) electrons. The zero-order valence-electron chi connectivity index (χ0n) is 7.44. The number of hydrogen-bond acceptors (Lipinski definition) is 5. The molecule has 0 aliphatic heterocycles. The minimum atomic E-state index is -0.567. The molecule has 5 nitrogen and oxygen atoms in total. The summed E-state index contributed by atoms with van der Waals surface area (Å²) >= 11 is 5.51. The molecule has 0 aromatic carbocycles. The van der Waals surface area contributed by atoms with Crippen LogP contribution in [0.1, 0.15) is 5.69 Å². The van der Waals surface area contributed by atoms with Gasteiger partial charge in [-0.2, -0.15) is 4.98 Å². The molecule has 0 amide bonds. The molecule has 0 saturated carbocycles. The second-order valence-corrected chi connectivity index (χ2v) is 3.01. The van der Waals surface area contributed by atoms with Crippen molar-refractivity contribution < 1.29 is 8.81 Å². The van der Waals surface area contributed by atoms with Crippen molar-refractivity contribution in [3.63, 3.8) is 0 Å². The lowest BCUT2D eigenvalue weighted by Gasteiger charge is -2.03. The van der Waals surface area contributed by atoms with Crippen LogP contribution in [-0.2, 0) is 6.54 Å². The molecule has 2 aromatic rings. The Bertz CT molecular complexity index is 448. The zero-order valence-corrected chi connectivity index (χ0v) is 8.20. The molecule has 2 rings (SSSR count). The van der Waals surface area contributed by atoms with Crippen molar-refractivity contribution in [3.05, 3.63) is 35.6 Å². The molecule has 0 spiro atoms. The summed E-state index contributed by atoms with van der Waals surface area (Å²) in [7, 11) is 0. The van der Waals surface area contributed by atoms with Crippen molar-refractivity contribution in [3.8, 4) is 0 Å². The topological polar surface area (TPSA) is 63.8 Å². The maximum Gasteiger partial charge on any atom is 0.224 e. The molecular weight excluding hydrogens is 223 g/mol. The molecule has 15 heavy (non-hydrogen) atoms. The van der Waals surface area contributed by atoms with Gasteiger partial charge in [0.2, 0.25) is 5.28 Å². The fraction of sp³-hybridized carbons (Fsp3) is 0.125. The lowest BCUT2D eigenvalue weighted by atomic mass is 10.4. The van der Waals surface area contributed by atoms with Crippen LogP contribution in [0.2, 0.25) is 5.28 Å². The summed E-state index contributed by atoms with van der Waals surface area (Å²) in [5.41, 5.74) is 0.643. The Morgan fingerprint density at radius 2 is 2.33 bits per heavy atom. The van der Waals surface area contributed by atoms with Gasteiger partial charge in [-0.1, -0.05) is 0 Å². The minimum Gasteiger partial charge on any atom is -0.451 e. The third-order valence-electron chi connectivity index (χ3n) is 1.64. The number of rotatable bonds is 3. The predicted octanol–water partition coefficient (Wildman–Crippen LogP) is 1.87.